The molecule has 3 aromatic rings. The van der Waals surface area contributed by atoms with Crippen LogP contribution < -0.4 is 9.80 Å². The van der Waals surface area contributed by atoms with Crippen molar-refractivity contribution in [1.82, 2.24) is 10.2 Å². The van der Waals surface area contributed by atoms with Crippen molar-refractivity contribution in [1.29, 1.82) is 0 Å². The van der Waals surface area contributed by atoms with Gasteiger partial charge in [-0.05, 0) is 61.6 Å². The summed E-state index contributed by atoms with van der Waals surface area (Å²) < 4.78 is 0. The predicted molar refractivity (Wildman–Crippen MR) is 127 cm³/mol. The third-order valence-electron chi connectivity index (χ3n) is 6.06. The van der Waals surface area contributed by atoms with E-state index in [4.69, 9.17) is 0 Å². The molecule has 1 saturated heterocycles. The second-order valence-electron chi connectivity index (χ2n) is 8.06. The van der Waals surface area contributed by atoms with Crippen LogP contribution in [0, 0.1) is 0 Å². The fraction of sp³-hybridized carbons (Fsp3) is 0.320. The second kappa shape index (κ2) is 9.10. The number of carbonyl (C=O) groups is 1. The molecule has 0 aliphatic carbocycles. The van der Waals surface area contributed by atoms with E-state index in [1.165, 1.54) is 42.3 Å². The lowest BCUT2D eigenvalue weighted by atomic mass is 10.1. The lowest BCUT2D eigenvalue weighted by molar-refractivity contribution is -0.116. The monoisotopic (exact) mass is 430 g/mol. The summed E-state index contributed by atoms with van der Waals surface area (Å²) in [6.45, 7) is 3.05. The molecule has 1 aromatic heterocycles. The van der Waals surface area contributed by atoms with E-state index in [0.717, 1.165) is 48.0 Å². The van der Waals surface area contributed by atoms with Crippen LogP contribution in [0.2, 0.25) is 0 Å². The molecule has 31 heavy (non-hydrogen) atoms. The highest BCUT2D eigenvalue weighted by atomic mass is 32.2. The van der Waals surface area contributed by atoms with Crippen molar-refractivity contribution in [3.05, 3.63) is 66.2 Å². The highest BCUT2D eigenvalue weighted by molar-refractivity contribution is 7.99. The van der Waals surface area contributed by atoms with Gasteiger partial charge in [0.05, 0.1) is 11.4 Å². The van der Waals surface area contributed by atoms with E-state index in [-0.39, 0.29) is 5.91 Å². The number of hydrogen-bond acceptors (Lipinski definition) is 5. The number of benzene rings is 2. The van der Waals surface area contributed by atoms with Crippen molar-refractivity contribution in [3.8, 4) is 11.3 Å². The average molecular weight is 431 g/mol. The van der Waals surface area contributed by atoms with Crippen LogP contribution in [0.15, 0.2) is 65.7 Å². The average Bonchev–Trinajstić information content (AvgIpc) is 3.28. The Kier molecular flexibility index (Phi) is 5.89. The Morgan fingerprint density at radius 2 is 1.68 bits per heavy atom. The number of hydrogen-bond donors (Lipinski definition) is 0. The van der Waals surface area contributed by atoms with E-state index in [0.29, 0.717) is 5.75 Å². The van der Waals surface area contributed by atoms with E-state index in [1.807, 2.05) is 35.2 Å². The van der Waals surface area contributed by atoms with E-state index in [9.17, 15) is 4.79 Å². The summed E-state index contributed by atoms with van der Waals surface area (Å²) >= 11 is 1.44. The number of para-hydroxylation sites is 1. The van der Waals surface area contributed by atoms with Crippen molar-refractivity contribution < 1.29 is 4.79 Å². The molecule has 0 bridgehead atoms. The molecule has 0 spiro atoms. The summed E-state index contributed by atoms with van der Waals surface area (Å²) in [7, 11) is 0. The Bertz CT molecular complexity index is 1050. The van der Waals surface area contributed by atoms with Gasteiger partial charge < -0.3 is 9.80 Å². The molecule has 2 aromatic carbocycles. The number of aromatic nitrogens is 2. The van der Waals surface area contributed by atoms with Gasteiger partial charge >= 0.3 is 0 Å². The van der Waals surface area contributed by atoms with Crippen LogP contribution in [-0.2, 0) is 11.2 Å². The third kappa shape index (κ3) is 4.44. The predicted octanol–water partition coefficient (Wildman–Crippen LogP) is 4.82. The van der Waals surface area contributed by atoms with Crippen molar-refractivity contribution in [2.24, 2.45) is 0 Å². The zero-order valence-electron chi connectivity index (χ0n) is 17.5. The molecular formula is C25H26N4OS. The van der Waals surface area contributed by atoms with Gasteiger partial charge in [0, 0.05) is 36.6 Å². The van der Waals surface area contributed by atoms with Gasteiger partial charge in [0.25, 0.3) is 0 Å². The van der Waals surface area contributed by atoms with Crippen LogP contribution in [0.5, 0.6) is 0 Å². The normalized spacial score (nSPS) is 15.7. The minimum absolute atomic E-state index is 0.120. The number of fused-ring (bicyclic) bond motifs is 1. The van der Waals surface area contributed by atoms with Crippen LogP contribution in [0.25, 0.3) is 11.3 Å². The maximum atomic E-state index is 12.7. The van der Waals surface area contributed by atoms with Gasteiger partial charge in [-0.15, -0.1) is 10.2 Å². The molecular weight excluding hydrogens is 404 g/mol. The molecule has 0 unspecified atom stereocenters. The summed E-state index contributed by atoms with van der Waals surface area (Å²) in [5, 5.41) is 9.51. The lowest BCUT2D eigenvalue weighted by Gasteiger charge is -2.28. The summed E-state index contributed by atoms with van der Waals surface area (Å²) in [5.74, 6) is 0.488. The molecule has 2 aliphatic rings. The number of rotatable bonds is 5. The number of thioether (sulfide) groups is 1. The van der Waals surface area contributed by atoms with Gasteiger partial charge in [-0.1, -0.05) is 42.1 Å². The van der Waals surface area contributed by atoms with Gasteiger partial charge in [-0.3, -0.25) is 4.79 Å². The zero-order chi connectivity index (χ0) is 21.0. The first-order valence-electron chi connectivity index (χ1n) is 11.0. The Balaban J connectivity index is 1.19. The smallest absolute Gasteiger partial charge is 0.237 e. The highest BCUT2D eigenvalue weighted by Gasteiger charge is 2.24. The van der Waals surface area contributed by atoms with Crippen LogP contribution >= 0.6 is 11.8 Å². The Morgan fingerprint density at radius 3 is 2.45 bits per heavy atom. The first kappa shape index (κ1) is 20.1. The van der Waals surface area contributed by atoms with E-state index in [1.54, 1.807) is 0 Å². The molecule has 0 atom stereocenters. The van der Waals surface area contributed by atoms with Crippen LogP contribution in [-0.4, -0.2) is 41.5 Å². The largest absolute Gasteiger partial charge is 0.372 e. The Hall–Kier alpha value is -2.86. The minimum atomic E-state index is 0.120. The summed E-state index contributed by atoms with van der Waals surface area (Å²) in [6.07, 6.45) is 4.82. The molecule has 5 nitrogen and oxygen atoms in total. The van der Waals surface area contributed by atoms with Crippen molar-refractivity contribution in [3.63, 3.8) is 0 Å². The van der Waals surface area contributed by atoms with E-state index >= 15 is 0 Å². The highest BCUT2D eigenvalue weighted by Crippen LogP contribution is 2.29. The fourth-order valence-corrected chi connectivity index (χ4v) is 5.05. The van der Waals surface area contributed by atoms with Crippen molar-refractivity contribution in [2.45, 2.75) is 30.7 Å². The fourth-order valence-electron chi connectivity index (χ4n) is 4.36. The van der Waals surface area contributed by atoms with Gasteiger partial charge in [-0.2, -0.15) is 0 Å². The van der Waals surface area contributed by atoms with Crippen LogP contribution in [0.4, 0.5) is 11.4 Å². The lowest BCUT2D eigenvalue weighted by Crippen LogP contribution is -2.30. The summed E-state index contributed by atoms with van der Waals surface area (Å²) in [6, 6.07) is 20.7. The van der Waals surface area contributed by atoms with Crippen molar-refractivity contribution in [2.75, 3.05) is 35.2 Å². The number of carbonyl (C=O) groups excluding carboxylic acids is 1. The first-order chi connectivity index (χ1) is 15.3. The van der Waals surface area contributed by atoms with Gasteiger partial charge in [0.2, 0.25) is 5.91 Å². The Labute approximate surface area is 187 Å². The minimum Gasteiger partial charge on any atom is -0.372 e. The zero-order valence-corrected chi connectivity index (χ0v) is 18.4. The molecule has 158 valence electrons. The van der Waals surface area contributed by atoms with E-state index in [2.05, 4.69) is 45.4 Å². The second-order valence-corrected chi connectivity index (χ2v) is 9.06. The van der Waals surface area contributed by atoms with Crippen LogP contribution in [0.3, 0.4) is 0 Å². The van der Waals surface area contributed by atoms with Crippen LogP contribution in [0.1, 0.15) is 24.8 Å². The standard InChI is InChI=1S/C25H26N4OS/c30-25(29-17-14-20-6-2-3-7-23(20)29)18-31-24-13-12-22(26-27-24)19-8-10-21(11-9-19)28-15-4-1-5-16-28/h2-3,6-13H,1,4-5,14-18H2. The SMILES string of the molecule is O=C(CSc1ccc(-c2ccc(N3CCCCC3)cc2)nn1)N1CCc2ccccc21. The molecule has 3 heterocycles. The molecule has 0 radical (unpaired) electrons. The van der Waals surface area contributed by atoms with Gasteiger partial charge in [0.15, 0.2) is 0 Å². The summed E-state index contributed by atoms with van der Waals surface area (Å²) in [5.41, 5.74) is 5.49. The topological polar surface area (TPSA) is 49.3 Å². The number of amides is 1. The third-order valence-corrected chi connectivity index (χ3v) is 6.96. The maximum Gasteiger partial charge on any atom is 0.237 e. The van der Waals surface area contributed by atoms with Crippen molar-refractivity contribution >= 4 is 29.0 Å². The Morgan fingerprint density at radius 1 is 0.871 bits per heavy atom. The number of piperidine rings is 1. The van der Waals surface area contributed by atoms with E-state index < -0.39 is 0 Å². The molecule has 0 N–H and O–H groups in total. The van der Waals surface area contributed by atoms with Gasteiger partial charge in [0.1, 0.15) is 5.03 Å². The first-order valence-corrected chi connectivity index (χ1v) is 12.0. The summed E-state index contributed by atoms with van der Waals surface area (Å²) in [4.78, 5) is 17.0. The number of anilines is 2. The molecule has 5 rings (SSSR count). The molecule has 1 amide bonds. The maximum absolute atomic E-state index is 12.7. The quantitative estimate of drug-likeness (QED) is 0.544. The molecule has 1 fully saturated rings. The molecule has 2 aliphatic heterocycles. The number of nitrogens with zero attached hydrogens (tertiary/aromatic N) is 4. The molecule has 6 heteroatoms. The van der Waals surface area contributed by atoms with Gasteiger partial charge in [-0.25, -0.2) is 0 Å². The molecule has 0 saturated carbocycles.